The summed E-state index contributed by atoms with van der Waals surface area (Å²) in [6.07, 6.45) is 2.03. The molecule has 2 unspecified atom stereocenters. The molecule has 3 amide bonds. The van der Waals surface area contributed by atoms with Crippen LogP contribution < -0.4 is 16.0 Å². The van der Waals surface area contributed by atoms with Gasteiger partial charge < -0.3 is 15.6 Å². The van der Waals surface area contributed by atoms with Crippen molar-refractivity contribution in [3.63, 3.8) is 0 Å². The second-order valence-corrected chi connectivity index (χ2v) is 8.04. The largest absolute Gasteiger partial charge is 0.361 e. The second-order valence-electron chi connectivity index (χ2n) is 8.04. The molecule has 1 heterocycles. The topological polar surface area (TPSA) is 86.0 Å². The van der Waals surface area contributed by atoms with Crippen molar-refractivity contribution in [3.05, 3.63) is 108 Å². The van der Waals surface area contributed by atoms with Gasteiger partial charge in [0.15, 0.2) is 0 Å². The molecule has 4 N–H and O–H groups in total. The van der Waals surface area contributed by atoms with E-state index in [9.17, 15) is 9.59 Å². The SMILES string of the molecule is CC(NCC(c1ccccc1)c1c[nH]c2ccccc12)C(=O)NC(=O)NCc1ccccc1. The van der Waals surface area contributed by atoms with E-state index < -0.39 is 12.1 Å². The fourth-order valence-electron chi connectivity index (χ4n) is 3.90. The molecule has 0 bridgehead atoms. The summed E-state index contributed by atoms with van der Waals surface area (Å²) in [4.78, 5) is 28.1. The van der Waals surface area contributed by atoms with E-state index in [0.29, 0.717) is 13.1 Å². The number of urea groups is 1. The van der Waals surface area contributed by atoms with Crippen molar-refractivity contribution >= 4 is 22.8 Å². The van der Waals surface area contributed by atoms with Gasteiger partial charge in [-0.05, 0) is 29.7 Å². The minimum atomic E-state index is -0.538. The Balaban J connectivity index is 1.39. The van der Waals surface area contributed by atoms with E-state index >= 15 is 0 Å². The van der Waals surface area contributed by atoms with Crippen molar-refractivity contribution in [1.82, 2.24) is 20.9 Å². The van der Waals surface area contributed by atoms with Gasteiger partial charge in [-0.25, -0.2) is 4.79 Å². The highest BCUT2D eigenvalue weighted by Crippen LogP contribution is 2.30. The smallest absolute Gasteiger partial charge is 0.321 e. The van der Waals surface area contributed by atoms with Gasteiger partial charge in [0.2, 0.25) is 5.91 Å². The maximum atomic E-state index is 12.6. The Morgan fingerprint density at radius 1 is 0.879 bits per heavy atom. The zero-order chi connectivity index (χ0) is 23.0. The van der Waals surface area contributed by atoms with Gasteiger partial charge in [0, 0.05) is 36.1 Å². The van der Waals surface area contributed by atoms with Gasteiger partial charge in [0.05, 0.1) is 6.04 Å². The molecule has 3 aromatic carbocycles. The monoisotopic (exact) mass is 440 g/mol. The van der Waals surface area contributed by atoms with Crippen LogP contribution in [0.25, 0.3) is 10.9 Å². The lowest BCUT2D eigenvalue weighted by Crippen LogP contribution is -2.48. The Labute approximate surface area is 193 Å². The Hall–Kier alpha value is -3.90. The van der Waals surface area contributed by atoms with Gasteiger partial charge in [-0.2, -0.15) is 0 Å². The van der Waals surface area contributed by atoms with Crippen LogP contribution in [0.2, 0.25) is 0 Å². The summed E-state index contributed by atoms with van der Waals surface area (Å²) in [6.45, 7) is 2.67. The normalized spacial score (nSPS) is 12.8. The molecule has 0 saturated carbocycles. The van der Waals surface area contributed by atoms with Crippen molar-refractivity contribution in [3.8, 4) is 0 Å². The molecular weight excluding hydrogens is 412 g/mol. The third kappa shape index (κ3) is 5.67. The average molecular weight is 441 g/mol. The average Bonchev–Trinajstić information content (AvgIpc) is 3.28. The molecule has 4 rings (SSSR count). The summed E-state index contributed by atoms with van der Waals surface area (Å²) in [6, 6.07) is 26.9. The maximum absolute atomic E-state index is 12.6. The molecule has 0 aliphatic carbocycles. The number of hydrogen-bond acceptors (Lipinski definition) is 3. The van der Waals surface area contributed by atoms with Crippen LogP contribution in [0.4, 0.5) is 4.79 Å². The minimum Gasteiger partial charge on any atom is -0.361 e. The molecule has 0 aliphatic rings. The first-order chi connectivity index (χ1) is 16.1. The van der Waals surface area contributed by atoms with E-state index in [1.165, 1.54) is 0 Å². The molecule has 0 aliphatic heterocycles. The van der Waals surface area contributed by atoms with Crippen LogP contribution in [0.5, 0.6) is 0 Å². The number of aromatic amines is 1. The van der Waals surface area contributed by atoms with Gasteiger partial charge in [0.1, 0.15) is 0 Å². The predicted molar refractivity (Wildman–Crippen MR) is 131 cm³/mol. The maximum Gasteiger partial charge on any atom is 0.321 e. The number of nitrogens with one attached hydrogen (secondary N) is 4. The number of fused-ring (bicyclic) bond motifs is 1. The van der Waals surface area contributed by atoms with Gasteiger partial charge in [-0.15, -0.1) is 0 Å². The summed E-state index contributed by atoms with van der Waals surface area (Å²) in [5.41, 5.74) is 4.37. The number of imide groups is 1. The van der Waals surface area contributed by atoms with Crippen molar-refractivity contribution < 1.29 is 9.59 Å². The van der Waals surface area contributed by atoms with Crippen LogP contribution in [0, 0.1) is 0 Å². The van der Waals surface area contributed by atoms with Crippen molar-refractivity contribution in [2.24, 2.45) is 0 Å². The Bertz CT molecular complexity index is 1200. The number of benzene rings is 3. The van der Waals surface area contributed by atoms with Gasteiger partial charge >= 0.3 is 6.03 Å². The van der Waals surface area contributed by atoms with E-state index in [-0.39, 0.29) is 11.8 Å². The number of amides is 3. The molecule has 0 spiro atoms. The van der Waals surface area contributed by atoms with E-state index in [1.54, 1.807) is 6.92 Å². The zero-order valence-electron chi connectivity index (χ0n) is 18.5. The van der Waals surface area contributed by atoms with Gasteiger partial charge in [0.25, 0.3) is 0 Å². The molecule has 6 nitrogen and oxygen atoms in total. The number of para-hydroxylation sites is 1. The van der Waals surface area contributed by atoms with E-state index in [0.717, 1.165) is 27.6 Å². The number of carbonyl (C=O) groups is 2. The molecule has 0 saturated heterocycles. The Morgan fingerprint density at radius 3 is 2.30 bits per heavy atom. The molecule has 1 aromatic heterocycles. The number of hydrogen-bond donors (Lipinski definition) is 4. The molecule has 0 fully saturated rings. The molecule has 168 valence electrons. The molecule has 0 radical (unpaired) electrons. The van der Waals surface area contributed by atoms with E-state index in [4.69, 9.17) is 0 Å². The third-order valence-electron chi connectivity index (χ3n) is 5.75. The van der Waals surface area contributed by atoms with Crippen molar-refractivity contribution in [1.29, 1.82) is 0 Å². The molecular formula is C27H28N4O2. The summed E-state index contributed by atoms with van der Waals surface area (Å²) in [7, 11) is 0. The molecule has 6 heteroatoms. The second kappa shape index (κ2) is 10.6. The zero-order valence-corrected chi connectivity index (χ0v) is 18.5. The summed E-state index contributed by atoms with van der Waals surface area (Å²) >= 11 is 0. The molecule has 2 atom stereocenters. The number of H-pyrrole nitrogens is 1. The van der Waals surface area contributed by atoms with Crippen LogP contribution in [0.1, 0.15) is 29.5 Å². The first kappa shape index (κ1) is 22.3. The minimum absolute atomic E-state index is 0.0458. The van der Waals surface area contributed by atoms with Crippen LogP contribution in [0.15, 0.2) is 91.1 Å². The third-order valence-corrected chi connectivity index (χ3v) is 5.75. The van der Waals surface area contributed by atoms with Crippen LogP contribution in [0.3, 0.4) is 0 Å². The highest BCUT2D eigenvalue weighted by molar-refractivity contribution is 5.96. The van der Waals surface area contributed by atoms with Gasteiger partial charge in [-0.1, -0.05) is 78.9 Å². The van der Waals surface area contributed by atoms with Crippen LogP contribution >= 0.6 is 0 Å². The van der Waals surface area contributed by atoms with E-state index in [1.807, 2.05) is 66.9 Å². The van der Waals surface area contributed by atoms with Crippen LogP contribution in [-0.2, 0) is 11.3 Å². The summed E-state index contributed by atoms with van der Waals surface area (Å²) in [5.74, 6) is -0.323. The summed E-state index contributed by atoms with van der Waals surface area (Å²) in [5, 5.41) is 9.60. The molecule has 4 aromatic rings. The highest BCUT2D eigenvalue weighted by Gasteiger charge is 2.21. The Morgan fingerprint density at radius 2 is 1.55 bits per heavy atom. The molecule has 33 heavy (non-hydrogen) atoms. The number of aromatic nitrogens is 1. The summed E-state index contributed by atoms with van der Waals surface area (Å²) < 4.78 is 0. The lowest BCUT2D eigenvalue weighted by Gasteiger charge is -2.21. The first-order valence-corrected chi connectivity index (χ1v) is 11.1. The highest BCUT2D eigenvalue weighted by atomic mass is 16.2. The van der Waals surface area contributed by atoms with Crippen molar-refractivity contribution in [2.45, 2.75) is 25.4 Å². The number of carbonyl (C=O) groups excluding carboxylic acids is 2. The lowest BCUT2D eigenvalue weighted by atomic mass is 9.90. The standard InChI is InChI=1S/C27H28N4O2/c1-19(26(32)31-27(33)30-16-20-10-4-2-5-11-20)28-17-23(21-12-6-3-7-13-21)24-18-29-25-15-9-8-14-22(24)25/h2-15,18-19,23,28-29H,16-17H2,1H3,(H2,30,31,32,33). The van der Waals surface area contributed by atoms with Crippen molar-refractivity contribution in [2.75, 3.05) is 6.54 Å². The quantitative estimate of drug-likeness (QED) is 0.329. The lowest BCUT2D eigenvalue weighted by molar-refractivity contribution is -0.121. The van der Waals surface area contributed by atoms with E-state index in [2.05, 4.69) is 45.2 Å². The predicted octanol–water partition coefficient (Wildman–Crippen LogP) is 4.30. The van der Waals surface area contributed by atoms with Gasteiger partial charge in [-0.3, -0.25) is 10.1 Å². The fraction of sp³-hybridized carbons (Fsp3) is 0.185. The number of rotatable bonds is 8. The van der Waals surface area contributed by atoms with Crippen LogP contribution in [-0.4, -0.2) is 29.5 Å². The Kier molecular flexibility index (Phi) is 7.17. The fourth-order valence-corrected chi connectivity index (χ4v) is 3.90. The first-order valence-electron chi connectivity index (χ1n) is 11.1.